The van der Waals surface area contributed by atoms with Gasteiger partial charge in [-0.2, -0.15) is 0 Å². The van der Waals surface area contributed by atoms with Gasteiger partial charge < -0.3 is 13.7 Å². The molecule has 0 radical (unpaired) electrons. The lowest BCUT2D eigenvalue weighted by Crippen LogP contribution is -2.17. The summed E-state index contributed by atoms with van der Waals surface area (Å²) in [6.45, 7) is 11.5. The molecule has 7 aromatic carbocycles. The van der Waals surface area contributed by atoms with Crippen molar-refractivity contribution in [1.29, 1.82) is 0 Å². The van der Waals surface area contributed by atoms with E-state index in [1.54, 1.807) is 0 Å². The summed E-state index contributed by atoms with van der Waals surface area (Å²) in [6.07, 6.45) is 0. The minimum atomic E-state index is -0.154. The van der Waals surface area contributed by atoms with E-state index >= 15 is 0 Å². The molecule has 0 fully saturated rings. The van der Waals surface area contributed by atoms with Crippen LogP contribution in [-0.4, -0.2) is 0 Å². The van der Waals surface area contributed by atoms with Crippen LogP contribution in [0.2, 0.25) is 0 Å². The van der Waals surface area contributed by atoms with E-state index < -0.39 is 0 Å². The minimum absolute atomic E-state index is 0.0445. The van der Waals surface area contributed by atoms with Crippen LogP contribution in [0.4, 0.5) is 17.1 Å². The van der Waals surface area contributed by atoms with Gasteiger partial charge in [-0.05, 0) is 87.3 Å². The van der Waals surface area contributed by atoms with Crippen LogP contribution in [-0.2, 0) is 10.8 Å². The highest BCUT2D eigenvalue weighted by molar-refractivity contribution is 6.15. The summed E-state index contributed by atoms with van der Waals surface area (Å²) in [7, 11) is 0. The first-order chi connectivity index (χ1) is 25.2. The molecule has 9 aromatic rings. The molecule has 0 unspecified atom stereocenters. The van der Waals surface area contributed by atoms with E-state index in [4.69, 9.17) is 8.83 Å². The average molecular weight is 674 g/mol. The van der Waals surface area contributed by atoms with E-state index in [9.17, 15) is 0 Å². The van der Waals surface area contributed by atoms with Crippen molar-refractivity contribution in [3.63, 3.8) is 0 Å². The fourth-order valence-electron chi connectivity index (χ4n) is 8.51. The Morgan fingerprint density at radius 2 is 1.13 bits per heavy atom. The number of benzene rings is 7. The molecule has 252 valence electrons. The molecule has 0 amide bonds. The summed E-state index contributed by atoms with van der Waals surface area (Å²) < 4.78 is 13.0. The molecule has 3 nitrogen and oxygen atoms in total. The van der Waals surface area contributed by atoms with Crippen LogP contribution >= 0.6 is 0 Å². The molecule has 0 spiro atoms. The molecule has 2 aromatic heterocycles. The number of hydrogen-bond donors (Lipinski definition) is 0. The van der Waals surface area contributed by atoms with Crippen molar-refractivity contribution in [2.75, 3.05) is 4.90 Å². The summed E-state index contributed by atoms with van der Waals surface area (Å²) in [5, 5.41) is 4.37. The van der Waals surface area contributed by atoms with Gasteiger partial charge >= 0.3 is 0 Å². The topological polar surface area (TPSA) is 29.5 Å². The van der Waals surface area contributed by atoms with Crippen LogP contribution in [0.25, 0.3) is 66.1 Å². The molecule has 0 saturated heterocycles. The maximum Gasteiger partial charge on any atom is 0.137 e. The largest absolute Gasteiger partial charge is 0.456 e. The van der Waals surface area contributed by atoms with Gasteiger partial charge in [0.15, 0.2) is 0 Å². The molecule has 0 atom stereocenters. The molecule has 1 aliphatic carbocycles. The van der Waals surface area contributed by atoms with Crippen LogP contribution in [0.15, 0.2) is 154 Å². The normalized spacial score (nSPS) is 13.6. The summed E-state index contributed by atoms with van der Waals surface area (Å²) in [5.74, 6) is 0. The number of furan rings is 2. The minimum Gasteiger partial charge on any atom is -0.456 e. The zero-order valence-corrected chi connectivity index (χ0v) is 30.1. The van der Waals surface area contributed by atoms with Gasteiger partial charge in [0.2, 0.25) is 0 Å². The maximum absolute atomic E-state index is 6.54. The molecule has 0 aliphatic heterocycles. The second-order valence-corrected chi connectivity index (χ2v) is 15.8. The second kappa shape index (κ2) is 11.0. The Labute approximate surface area is 303 Å². The first kappa shape index (κ1) is 30.7. The number of hydrogen-bond acceptors (Lipinski definition) is 3. The predicted octanol–water partition coefficient (Wildman–Crippen LogP) is 14.2. The molecule has 52 heavy (non-hydrogen) atoms. The number of rotatable bonds is 4. The molecule has 3 heteroatoms. The van der Waals surface area contributed by atoms with Crippen molar-refractivity contribution in [2.24, 2.45) is 0 Å². The van der Waals surface area contributed by atoms with Gasteiger partial charge in [-0.1, -0.05) is 132 Å². The number of nitrogens with zero attached hydrogens (tertiary/aromatic N) is 1. The van der Waals surface area contributed by atoms with Crippen LogP contribution in [0.1, 0.15) is 51.3 Å². The average Bonchev–Trinajstić information content (AvgIpc) is 3.79. The van der Waals surface area contributed by atoms with E-state index in [0.29, 0.717) is 0 Å². The zero-order valence-electron chi connectivity index (χ0n) is 30.1. The fourth-order valence-corrected chi connectivity index (χ4v) is 8.51. The molecule has 1 aliphatic rings. The van der Waals surface area contributed by atoms with Crippen LogP contribution < -0.4 is 4.90 Å². The lowest BCUT2D eigenvalue weighted by atomic mass is 9.82. The van der Waals surface area contributed by atoms with Crippen molar-refractivity contribution in [1.82, 2.24) is 0 Å². The number of fused-ring (bicyclic) bond motifs is 9. The quantitative estimate of drug-likeness (QED) is 0.186. The molecule has 0 bridgehead atoms. The third-order valence-electron chi connectivity index (χ3n) is 11.2. The fraction of sp³-hybridized carbons (Fsp3) is 0.143. The highest BCUT2D eigenvalue weighted by atomic mass is 16.3. The Kier molecular flexibility index (Phi) is 6.48. The number of para-hydroxylation sites is 2. The zero-order chi connectivity index (χ0) is 35.4. The smallest absolute Gasteiger partial charge is 0.137 e. The Hall–Kier alpha value is -6.06. The maximum atomic E-state index is 6.54. The van der Waals surface area contributed by atoms with E-state index in [1.165, 1.54) is 27.8 Å². The van der Waals surface area contributed by atoms with Crippen LogP contribution in [0, 0.1) is 0 Å². The van der Waals surface area contributed by atoms with Gasteiger partial charge in [-0.25, -0.2) is 0 Å². The van der Waals surface area contributed by atoms with Crippen LogP contribution in [0.3, 0.4) is 0 Å². The van der Waals surface area contributed by atoms with Crippen molar-refractivity contribution < 1.29 is 8.83 Å². The third-order valence-corrected chi connectivity index (χ3v) is 11.2. The molecule has 0 saturated carbocycles. The van der Waals surface area contributed by atoms with Crippen LogP contribution in [0.5, 0.6) is 0 Å². The van der Waals surface area contributed by atoms with Gasteiger partial charge in [-0.3, -0.25) is 0 Å². The van der Waals surface area contributed by atoms with Gasteiger partial charge in [0, 0.05) is 32.8 Å². The Balaban J connectivity index is 1.31. The Morgan fingerprint density at radius 3 is 1.92 bits per heavy atom. The highest BCUT2D eigenvalue weighted by Gasteiger charge is 2.36. The Bertz CT molecular complexity index is 2860. The summed E-state index contributed by atoms with van der Waals surface area (Å²) in [4.78, 5) is 2.46. The van der Waals surface area contributed by atoms with Crippen molar-refractivity contribution in [2.45, 2.75) is 45.4 Å². The molecular weight excluding hydrogens is 635 g/mol. The lowest BCUT2D eigenvalue weighted by Gasteiger charge is -2.30. The highest BCUT2D eigenvalue weighted by Crippen LogP contribution is 2.53. The summed E-state index contributed by atoms with van der Waals surface area (Å²) in [6, 6.07) is 52.7. The number of anilines is 3. The van der Waals surface area contributed by atoms with Gasteiger partial charge in [0.05, 0.1) is 16.8 Å². The second-order valence-electron chi connectivity index (χ2n) is 15.8. The first-order valence-corrected chi connectivity index (χ1v) is 18.2. The van der Waals surface area contributed by atoms with E-state index in [-0.39, 0.29) is 10.8 Å². The molecule has 10 rings (SSSR count). The molecule has 0 N–H and O–H groups in total. The SMILES string of the molecule is CC(C)(C)c1ccc(-c2cc3oc4ccccc4c3cc2N(c2ccc3c(c2)C(C)(C)c2ccccc2-3)c2cccc3oc4ccccc4c23)cc1. The van der Waals surface area contributed by atoms with Crippen molar-refractivity contribution in [3.8, 4) is 22.3 Å². The van der Waals surface area contributed by atoms with Crippen molar-refractivity contribution >= 4 is 60.9 Å². The van der Waals surface area contributed by atoms with E-state index in [2.05, 4.69) is 173 Å². The van der Waals surface area contributed by atoms with E-state index in [0.717, 1.165) is 72.1 Å². The monoisotopic (exact) mass is 673 g/mol. The summed E-state index contributed by atoms with van der Waals surface area (Å²) >= 11 is 0. The summed E-state index contributed by atoms with van der Waals surface area (Å²) in [5.41, 5.74) is 15.5. The molecule has 2 heterocycles. The Morgan fingerprint density at radius 1 is 0.481 bits per heavy atom. The van der Waals surface area contributed by atoms with E-state index in [1.807, 2.05) is 12.1 Å². The van der Waals surface area contributed by atoms with Crippen molar-refractivity contribution in [3.05, 3.63) is 162 Å². The third kappa shape index (κ3) is 4.52. The van der Waals surface area contributed by atoms with Gasteiger partial charge in [0.1, 0.15) is 22.3 Å². The standard InChI is InChI=1S/C49H39NO2/c1-48(2,3)31-23-21-30(22-24-31)37-29-46-38(35-14-7-10-18-43(35)52-46)28-42(37)50(41-17-12-20-45-47(41)36-15-8-11-19-44(36)51-45)32-25-26-34-33-13-6-9-16-39(33)49(4,5)40(34)27-32/h6-29H,1-5H3. The van der Waals surface area contributed by atoms with Gasteiger partial charge in [-0.15, -0.1) is 0 Å². The predicted molar refractivity (Wildman–Crippen MR) is 217 cm³/mol. The first-order valence-electron chi connectivity index (χ1n) is 18.2. The molecular formula is C49H39NO2. The van der Waals surface area contributed by atoms with Gasteiger partial charge in [0.25, 0.3) is 0 Å². The lowest BCUT2D eigenvalue weighted by molar-refractivity contribution is 0.590.